The number of hydrogen-bond donors (Lipinski definition) is 0. The van der Waals surface area contributed by atoms with Crippen LogP contribution in [-0.2, 0) is 37.5 Å². The summed E-state index contributed by atoms with van der Waals surface area (Å²) in [5, 5.41) is 0. The van der Waals surface area contributed by atoms with E-state index in [1.165, 1.54) is 32.1 Å². The van der Waals surface area contributed by atoms with E-state index >= 15 is 0 Å². The normalized spacial score (nSPS) is 23.3. The summed E-state index contributed by atoms with van der Waals surface area (Å²) in [5.41, 5.74) is 0. The van der Waals surface area contributed by atoms with Crippen LogP contribution >= 0.6 is 0 Å². The zero-order valence-electron chi connectivity index (χ0n) is 10.3. The molecule has 0 spiro atoms. The molecule has 2 rings (SSSR count). The number of likely N-dealkylation sites (tertiary alicyclic amines) is 1. The monoisotopic (exact) mass is 300 g/mol. The van der Waals surface area contributed by atoms with E-state index in [9.17, 15) is 4.79 Å². The van der Waals surface area contributed by atoms with Gasteiger partial charge in [-0.3, -0.25) is 0 Å². The second-order valence-electron chi connectivity index (χ2n) is 4.36. The van der Waals surface area contributed by atoms with Gasteiger partial charge >= 0.3 is 32.7 Å². The maximum atomic E-state index is 9.95. The van der Waals surface area contributed by atoms with E-state index in [0.29, 0.717) is 5.92 Å². The molecular weight excluding hydrogens is 277 g/mol. The molecule has 1 unspecified atom stereocenters. The minimum Gasteiger partial charge on any atom is -0.693 e. The van der Waals surface area contributed by atoms with E-state index in [-0.39, 0.29) is 38.9 Å². The van der Waals surface area contributed by atoms with Crippen LogP contribution in [0.1, 0.15) is 45.4 Å². The van der Waals surface area contributed by atoms with E-state index in [0.717, 1.165) is 19.5 Å². The predicted molar refractivity (Wildman–Crippen MR) is 63.7 cm³/mol. The van der Waals surface area contributed by atoms with Crippen molar-refractivity contribution in [1.29, 1.82) is 0 Å². The summed E-state index contributed by atoms with van der Waals surface area (Å²) < 4.78 is 0. The molecule has 90 valence electrons. The first kappa shape index (κ1) is 18.9. The van der Waals surface area contributed by atoms with Crippen molar-refractivity contribution in [2.75, 3.05) is 13.1 Å². The average Bonchev–Trinajstić information content (AvgIpc) is 2.68. The third kappa shape index (κ3) is 8.66. The Kier molecular flexibility index (Phi) is 14.2. The molecule has 3 nitrogen and oxygen atoms in total. The van der Waals surface area contributed by atoms with E-state index < -0.39 is 0 Å². The van der Waals surface area contributed by atoms with Gasteiger partial charge in [0.25, 0.3) is 0 Å². The van der Waals surface area contributed by atoms with Crippen LogP contribution in [0.3, 0.4) is 0 Å². The third-order valence-electron chi connectivity index (χ3n) is 2.87. The van der Waals surface area contributed by atoms with Crippen LogP contribution in [0.25, 0.3) is 6.15 Å². The van der Waals surface area contributed by atoms with Gasteiger partial charge in [-0.25, -0.2) is 0 Å². The molecule has 1 aliphatic carbocycles. The Labute approximate surface area is 125 Å². The first-order valence-electron chi connectivity index (χ1n) is 5.77. The standard InChI is InChI=1S/C6H10NO.C6H11.H2N.Y/c1-6-2-3-7(4-6)5-8;1-2-4-6-5-3-1;;/h6H,2-4H2,1H3;1H,2-6H2;1H2;/q3*-1;+3. The van der Waals surface area contributed by atoms with Crippen molar-refractivity contribution < 1.29 is 37.5 Å². The van der Waals surface area contributed by atoms with Gasteiger partial charge in [0.1, 0.15) is 0 Å². The average molecular weight is 300 g/mol. The Morgan fingerprint density at radius 3 is 2.06 bits per heavy atom. The van der Waals surface area contributed by atoms with Crippen LogP contribution in [0, 0.1) is 12.3 Å². The Balaban J connectivity index is 0. The second-order valence-corrected chi connectivity index (χ2v) is 4.36. The van der Waals surface area contributed by atoms with Crippen molar-refractivity contribution in [3.8, 4) is 0 Å². The summed E-state index contributed by atoms with van der Waals surface area (Å²) in [4.78, 5) is 11.7. The fourth-order valence-electron chi connectivity index (χ4n) is 1.92. The van der Waals surface area contributed by atoms with Crippen molar-refractivity contribution in [3.05, 3.63) is 12.6 Å². The summed E-state index contributed by atoms with van der Waals surface area (Å²) in [6.45, 7) is 3.96. The maximum Gasteiger partial charge on any atom is 3.00 e. The molecule has 2 aliphatic rings. The first-order chi connectivity index (χ1) is 6.83. The molecule has 16 heavy (non-hydrogen) atoms. The van der Waals surface area contributed by atoms with Crippen molar-refractivity contribution in [3.63, 3.8) is 0 Å². The van der Waals surface area contributed by atoms with Crippen LogP contribution in [0.15, 0.2) is 0 Å². The van der Waals surface area contributed by atoms with Gasteiger partial charge in [0, 0.05) is 0 Å². The minimum absolute atomic E-state index is 0. The smallest absolute Gasteiger partial charge is 0.693 e. The molecule has 4 heteroatoms. The molecule has 1 aliphatic heterocycles. The molecule has 0 aromatic rings. The second kappa shape index (κ2) is 12.0. The molecule has 1 atom stereocenters. The number of nitrogens with two attached hydrogens (primary N) is 1. The topological polar surface area (TPSA) is 53.8 Å². The molecule has 1 saturated carbocycles. The number of hydrogen-bond acceptors (Lipinski definition) is 1. The van der Waals surface area contributed by atoms with Crippen molar-refractivity contribution in [2.24, 2.45) is 5.92 Å². The van der Waals surface area contributed by atoms with Gasteiger partial charge in [-0.15, -0.1) is 0 Å². The SMILES string of the molecule is CC1CCN([C-]=O)C1.[CH-]1CCCCC1.[NH2-].[Y+3]. The molecule has 1 saturated heterocycles. The van der Waals surface area contributed by atoms with Crippen molar-refractivity contribution >= 4 is 6.41 Å². The van der Waals surface area contributed by atoms with Crippen molar-refractivity contribution in [1.82, 2.24) is 4.90 Å². The number of rotatable bonds is 1. The van der Waals surface area contributed by atoms with E-state index in [2.05, 4.69) is 13.3 Å². The Hall–Kier alpha value is 0.534. The summed E-state index contributed by atoms with van der Waals surface area (Å²) in [6, 6.07) is 0. The van der Waals surface area contributed by atoms with E-state index in [1.54, 1.807) is 4.90 Å². The number of amides is 1. The Morgan fingerprint density at radius 2 is 1.88 bits per heavy atom. The van der Waals surface area contributed by atoms with Gasteiger partial charge in [-0.2, -0.15) is 19.3 Å². The van der Waals surface area contributed by atoms with Gasteiger partial charge in [-0.05, 0) is 25.4 Å². The van der Waals surface area contributed by atoms with Crippen LogP contribution in [0.5, 0.6) is 0 Å². The maximum absolute atomic E-state index is 9.95. The minimum atomic E-state index is 0. The van der Waals surface area contributed by atoms with Crippen LogP contribution < -0.4 is 0 Å². The van der Waals surface area contributed by atoms with Gasteiger partial charge < -0.3 is 22.3 Å². The molecule has 0 aromatic heterocycles. The predicted octanol–water partition coefficient (Wildman–Crippen LogP) is 3.26. The zero-order valence-corrected chi connectivity index (χ0v) is 13.2. The molecule has 0 aromatic carbocycles. The molecule has 1 heterocycles. The van der Waals surface area contributed by atoms with E-state index in [4.69, 9.17) is 0 Å². The molecule has 2 N–H and O–H groups in total. The zero-order chi connectivity index (χ0) is 10.2. The quantitative estimate of drug-likeness (QED) is 0.686. The van der Waals surface area contributed by atoms with Gasteiger partial charge in [-0.1, -0.05) is 26.2 Å². The van der Waals surface area contributed by atoms with Crippen LogP contribution in [0.2, 0.25) is 0 Å². The summed E-state index contributed by atoms with van der Waals surface area (Å²) in [6.07, 6.45) is 12.5. The van der Waals surface area contributed by atoms with Gasteiger partial charge in [0.2, 0.25) is 0 Å². The summed E-state index contributed by atoms with van der Waals surface area (Å²) in [7, 11) is 0. The molecule has 2 fully saturated rings. The van der Waals surface area contributed by atoms with Gasteiger partial charge in [0.05, 0.1) is 0 Å². The molecular formula is C12H23N2OY. The number of nitrogens with zero attached hydrogens (tertiary/aromatic N) is 1. The molecule has 0 bridgehead atoms. The van der Waals surface area contributed by atoms with Crippen molar-refractivity contribution in [2.45, 2.75) is 45.4 Å². The first-order valence-corrected chi connectivity index (χ1v) is 5.77. The Bertz CT molecular complexity index is 152. The Morgan fingerprint density at radius 1 is 1.25 bits per heavy atom. The van der Waals surface area contributed by atoms with Crippen LogP contribution in [-0.4, -0.2) is 24.4 Å². The summed E-state index contributed by atoms with van der Waals surface area (Å²) >= 11 is 0. The fourth-order valence-corrected chi connectivity index (χ4v) is 1.92. The number of carbonyl (C=O) groups excluding carboxylic acids is 1. The largest absolute Gasteiger partial charge is 3.00 e. The molecule has 1 amide bonds. The van der Waals surface area contributed by atoms with E-state index in [1.807, 2.05) is 6.41 Å². The summed E-state index contributed by atoms with van der Waals surface area (Å²) in [5.74, 6) is 0.691. The fraction of sp³-hybridized carbons (Fsp3) is 0.833. The van der Waals surface area contributed by atoms with Crippen LogP contribution in [0.4, 0.5) is 0 Å². The third-order valence-corrected chi connectivity index (χ3v) is 2.87. The molecule has 0 radical (unpaired) electrons. The van der Waals surface area contributed by atoms with Gasteiger partial charge in [0.15, 0.2) is 0 Å².